The second kappa shape index (κ2) is 13.7. The van der Waals surface area contributed by atoms with Crippen molar-refractivity contribution >= 4 is 25.1 Å². The standard InChI is InChI=1S/C6H4N2.C5H9N2O4P.C5H4N2O/c1-2-6-3-4-7-8-5-6;1-4(8)5(7-6)12(9,10-2)11-3;8-4-5-1-2-6-7-3-5/h1,3-5H;1-3H3;1-4H. The number of aromatic nitrogens is 4. The van der Waals surface area contributed by atoms with Crippen LogP contribution < -0.4 is 0 Å². The minimum atomic E-state index is -3.70. The van der Waals surface area contributed by atoms with E-state index in [4.69, 9.17) is 12.0 Å². The number of aldehydes is 1. The second-order valence-electron chi connectivity index (χ2n) is 4.41. The Hall–Kier alpha value is -3.41. The summed E-state index contributed by atoms with van der Waals surface area (Å²) in [5, 5.41) is 14.1. The topological polar surface area (TPSA) is 158 Å². The van der Waals surface area contributed by atoms with Crippen molar-refractivity contribution in [2.75, 3.05) is 14.2 Å². The molecule has 2 aromatic rings. The van der Waals surface area contributed by atoms with Crippen LogP contribution in [0.2, 0.25) is 0 Å². The molecule has 0 spiro atoms. The number of carbonyl (C=O) groups excluding carboxylic acids is 2. The van der Waals surface area contributed by atoms with Gasteiger partial charge in [0, 0.05) is 32.3 Å². The molecule has 0 unspecified atom stereocenters. The van der Waals surface area contributed by atoms with Crippen molar-refractivity contribution in [3.63, 3.8) is 0 Å². The van der Waals surface area contributed by atoms with Crippen LogP contribution in [0.1, 0.15) is 22.8 Å². The summed E-state index contributed by atoms with van der Waals surface area (Å²) >= 11 is 0. The zero-order valence-electron chi connectivity index (χ0n) is 15.3. The number of terminal acetylenes is 1. The normalized spacial score (nSPS) is 9.21. The molecule has 0 aliphatic carbocycles. The molecule has 0 atom stereocenters. The maximum atomic E-state index is 11.4. The average Bonchev–Trinajstić information content (AvgIpc) is 2.75. The minimum Gasteiger partial charge on any atom is -0.360 e. The number of Topliss-reactive ketones (excluding diaryl/α,β-unsaturated/α-hetero) is 1. The van der Waals surface area contributed by atoms with Crippen LogP contribution in [0, 0.1) is 12.3 Å². The van der Waals surface area contributed by atoms with Gasteiger partial charge in [0.25, 0.3) is 0 Å². The van der Waals surface area contributed by atoms with E-state index in [1.807, 2.05) is 0 Å². The van der Waals surface area contributed by atoms with Crippen molar-refractivity contribution in [1.29, 1.82) is 0 Å². The van der Waals surface area contributed by atoms with Gasteiger partial charge in [0.05, 0.1) is 24.8 Å². The molecule has 146 valence electrons. The van der Waals surface area contributed by atoms with Crippen LogP contribution in [0.25, 0.3) is 5.53 Å². The fourth-order valence-corrected chi connectivity index (χ4v) is 2.30. The summed E-state index contributed by atoms with van der Waals surface area (Å²) in [5.41, 5.74) is 9.04. The van der Waals surface area contributed by atoms with Gasteiger partial charge >= 0.3 is 13.0 Å². The maximum Gasteiger partial charge on any atom is 0.446 e. The van der Waals surface area contributed by atoms with Crippen LogP contribution in [-0.2, 0) is 18.4 Å². The molecule has 0 radical (unpaired) electrons. The number of hydrogen-bond donors (Lipinski definition) is 0. The van der Waals surface area contributed by atoms with Crippen LogP contribution in [0.4, 0.5) is 0 Å². The molecule has 2 rings (SSSR count). The van der Waals surface area contributed by atoms with Crippen LogP contribution in [0.15, 0.2) is 36.9 Å². The number of rotatable bonds is 5. The molecular weight excluding hydrogens is 387 g/mol. The smallest absolute Gasteiger partial charge is 0.360 e. The molecule has 12 heteroatoms. The van der Waals surface area contributed by atoms with Crippen LogP contribution >= 0.6 is 7.60 Å². The van der Waals surface area contributed by atoms with E-state index in [2.05, 4.69) is 40.2 Å². The lowest BCUT2D eigenvalue weighted by Gasteiger charge is -2.05. The number of nitrogens with zero attached hydrogens (tertiary/aromatic N) is 6. The van der Waals surface area contributed by atoms with Gasteiger partial charge in [-0.05, 0) is 12.1 Å². The summed E-state index contributed by atoms with van der Waals surface area (Å²) in [6.07, 6.45) is 11.8. The Morgan fingerprint density at radius 1 is 1.18 bits per heavy atom. The highest BCUT2D eigenvalue weighted by molar-refractivity contribution is 7.74. The van der Waals surface area contributed by atoms with Gasteiger partial charge in [-0.25, -0.2) is 4.57 Å². The molecule has 0 aliphatic rings. The molecule has 0 bridgehead atoms. The highest BCUT2D eigenvalue weighted by Crippen LogP contribution is 2.47. The Kier molecular flexibility index (Phi) is 12.1. The van der Waals surface area contributed by atoms with Crippen LogP contribution in [0.5, 0.6) is 0 Å². The van der Waals surface area contributed by atoms with Gasteiger partial charge in [-0.2, -0.15) is 25.2 Å². The summed E-state index contributed by atoms with van der Waals surface area (Å²) in [7, 11) is -1.51. The molecule has 2 aromatic heterocycles. The van der Waals surface area contributed by atoms with Gasteiger partial charge in [-0.3, -0.25) is 9.59 Å². The van der Waals surface area contributed by atoms with Crippen molar-refractivity contribution < 1.29 is 28.0 Å². The Balaban J connectivity index is 0.000000402. The lowest BCUT2D eigenvalue weighted by Crippen LogP contribution is -2.13. The summed E-state index contributed by atoms with van der Waals surface area (Å²) in [4.78, 5) is 23.2. The Bertz CT molecular complexity index is 887. The summed E-state index contributed by atoms with van der Waals surface area (Å²) in [6, 6.07) is 3.33. The molecule has 0 amide bonds. The highest BCUT2D eigenvalue weighted by Gasteiger charge is 2.41. The van der Waals surface area contributed by atoms with E-state index in [0.29, 0.717) is 5.56 Å². The minimum absolute atomic E-state index is 0.556. The van der Waals surface area contributed by atoms with Crippen molar-refractivity contribution in [3.8, 4) is 12.3 Å². The predicted molar refractivity (Wildman–Crippen MR) is 98.3 cm³/mol. The van der Waals surface area contributed by atoms with E-state index in [1.165, 1.54) is 12.4 Å². The fourth-order valence-electron chi connectivity index (χ4n) is 1.31. The van der Waals surface area contributed by atoms with Gasteiger partial charge in [0.1, 0.15) is 0 Å². The third-order valence-electron chi connectivity index (χ3n) is 2.64. The highest BCUT2D eigenvalue weighted by atomic mass is 31.2. The van der Waals surface area contributed by atoms with E-state index in [0.717, 1.165) is 33.0 Å². The Morgan fingerprint density at radius 2 is 1.75 bits per heavy atom. The molecule has 0 N–H and O–H groups in total. The van der Waals surface area contributed by atoms with E-state index < -0.39 is 18.8 Å². The van der Waals surface area contributed by atoms with Gasteiger partial charge < -0.3 is 14.6 Å². The molecule has 0 aromatic carbocycles. The summed E-state index contributed by atoms with van der Waals surface area (Å²) in [5.74, 6) is 1.76. The molecule has 0 saturated carbocycles. The molecule has 0 aliphatic heterocycles. The predicted octanol–water partition coefficient (Wildman–Crippen LogP) is 1.44. The zero-order valence-corrected chi connectivity index (χ0v) is 16.2. The molecule has 0 saturated heterocycles. The Labute approximate surface area is 161 Å². The monoisotopic (exact) mass is 404 g/mol. The van der Waals surface area contributed by atoms with Crippen LogP contribution in [-0.4, -0.2) is 56.9 Å². The van der Waals surface area contributed by atoms with E-state index in [1.54, 1.807) is 24.5 Å². The second-order valence-corrected chi connectivity index (χ2v) is 6.56. The van der Waals surface area contributed by atoms with Crippen molar-refractivity contribution in [1.82, 2.24) is 20.4 Å². The van der Waals surface area contributed by atoms with E-state index in [-0.39, 0.29) is 0 Å². The van der Waals surface area contributed by atoms with Gasteiger partial charge in [0.15, 0.2) is 6.29 Å². The first-order valence-electron chi connectivity index (χ1n) is 7.28. The van der Waals surface area contributed by atoms with E-state index >= 15 is 0 Å². The van der Waals surface area contributed by atoms with Crippen molar-refractivity contribution in [2.45, 2.75) is 6.92 Å². The molecule has 0 fully saturated rings. The molecule has 2 heterocycles. The number of ketones is 1. The molecule has 11 nitrogen and oxygen atoms in total. The first-order chi connectivity index (χ1) is 13.4. The van der Waals surface area contributed by atoms with E-state index in [9.17, 15) is 14.2 Å². The summed E-state index contributed by atoms with van der Waals surface area (Å²) in [6.45, 7) is 1.10. The third kappa shape index (κ3) is 8.80. The fraction of sp³-hybridized carbons (Fsp3) is 0.188. The zero-order chi connectivity index (χ0) is 21.4. The SMILES string of the molecule is C#Cc1ccnnc1.COP(=O)(OC)C(=[N+]=[N-])C(C)=O.O=Cc1ccnnc1. The molecule has 28 heavy (non-hydrogen) atoms. The number of carbonyl (C=O) groups is 2. The number of hydrogen-bond acceptors (Lipinski definition) is 9. The van der Waals surface area contributed by atoms with Gasteiger partial charge in [0.2, 0.25) is 5.78 Å². The van der Waals surface area contributed by atoms with Gasteiger partial charge in [-0.1, -0.05) is 5.92 Å². The molecular formula is C16H17N6O5P. The Morgan fingerprint density at radius 3 is 1.96 bits per heavy atom. The maximum absolute atomic E-state index is 11.4. The average molecular weight is 404 g/mol. The first kappa shape index (κ1) is 24.6. The van der Waals surface area contributed by atoms with Crippen molar-refractivity contribution in [3.05, 3.63) is 53.6 Å². The van der Waals surface area contributed by atoms with Gasteiger partial charge in [-0.15, -0.1) is 6.42 Å². The largest absolute Gasteiger partial charge is 0.446 e. The lowest BCUT2D eigenvalue weighted by molar-refractivity contribution is -0.114. The summed E-state index contributed by atoms with van der Waals surface area (Å²) < 4.78 is 20.2. The first-order valence-corrected chi connectivity index (χ1v) is 8.83. The quantitative estimate of drug-likeness (QED) is 0.179. The third-order valence-corrected chi connectivity index (χ3v) is 4.53. The van der Waals surface area contributed by atoms with Crippen molar-refractivity contribution in [2.24, 2.45) is 0 Å². The van der Waals surface area contributed by atoms with Crippen LogP contribution in [0.3, 0.4) is 0 Å². The lowest BCUT2D eigenvalue weighted by atomic mass is 10.3.